The third-order valence-corrected chi connectivity index (χ3v) is 3.80. The molecule has 5 heteroatoms. The van der Waals surface area contributed by atoms with Gasteiger partial charge in [-0.25, -0.2) is 0 Å². The molecule has 2 nitrogen and oxygen atoms in total. The van der Waals surface area contributed by atoms with Crippen molar-refractivity contribution in [3.05, 3.63) is 0 Å². The Balaban J connectivity index is 2.37. The highest BCUT2D eigenvalue weighted by molar-refractivity contribution is 4.82. The van der Waals surface area contributed by atoms with Gasteiger partial charge in [0, 0.05) is 12.1 Å². The zero-order chi connectivity index (χ0) is 14.5. The molecule has 1 aliphatic rings. The number of rotatable bonds is 6. The number of ether oxygens (including phenoxy) is 1. The van der Waals surface area contributed by atoms with E-state index in [1.54, 1.807) is 0 Å². The molecule has 0 aromatic rings. The van der Waals surface area contributed by atoms with Crippen LogP contribution in [-0.2, 0) is 4.74 Å². The second-order valence-electron chi connectivity index (χ2n) is 5.84. The minimum atomic E-state index is -4.22. The summed E-state index contributed by atoms with van der Waals surface area (Å²) in [6.07, 6.45) is -0.0138. The Hall–Kier alpha value is -0.290. The second-order valence-corrected chi connectivity index (χ2v) is 5.84. The molecule has 19 heavy (non-hydrogen) atoms. The topological polar surface area (TPSA) is 21.3 Å². The van der Waals surface area contributed by atoms with Crippen molar-refractivity contribution in [2.75, 3.05) is 6.61 Å². The first-order valence-electron chi connectivity index (χ1n) is 7.26. The van der Waals surface area contributed by atoms with Gasteiger partial charge in [-0.3, -0.25) is 0 Å². The number of hydrogen-bond acceptors (Lipinski definition) is 2. The molecule has 3 atom stereocenters. The quantitative estimate of drug-likeness (QED) is 0.797. The Bertz CT molecular complexity index is 256. The first-order chi connectivity index (χ1) is 8.81. The van der Waals surface area contributed by atoms with Crippen LogP contribution in [0.3, 0.4) is 0 Å². The molecule has 1 rings (SSSR count). The van der Waals surface area contributed by atoms with E-state index in [4.69, 9.17) is 4.74 Å². The van der Waals surface area contributed by atoms with Crippen LogP contribution in [0.4, 0.5) is 13.2 Å². The Kier molecular flexibility index (Phi) is 6.60. The third kappa shape index (κ3) is 6.61. The Morgan fingerprint density at radius 2 is 1.95 bits per heavy atom. The van der Waals surface area contributed by atoms with Crippen molar-refractivity contribution in [1.82, 2.24) is 5.32 Å². The molecule has 114 valence electrons. The molecule has 1 saturated carbocycles. The molecular weight excluding hydrogens is 255 g/mol. The van der Waals surface area contributed by atoms with Gasteiger partial charge in [0.15, 0.2) is 0 Å². The molecule has 0 radical (unpaired) electrons. The molecule has 0 aromatic heterocycles. The first kappa shape index (κ1) is 16.8. The van der Waals surface area contributed by atoms with Crippen molar-refractivity contribution in [2.24, 2.45) is 5.92 Å². The molecule has 0 spiro atoms. The van der Waals surface area contributed by atoms with Crippen LogP contribution in [0.5, 0.6) is 0 Å². The summed E-state index contributed by atoms with van der Waals surface area (Å²) in [5.74, 6) is 0.543. The van der Waals surface area contributed by atoms with Crippen LogP contribution in [0.25, 0.3) is 0 Å². The normalized spacial score (nSPS) is 26.7. The lowest BCUT2D eigenvalue weighted by Gasteiger charge is -2.34. The van der Waals surface area contributed by atoms with Crippen LogP contribution in [-0.4, -0.2) is 31.0 Å². The van der Waals surface area contributed by atoms with Crippen LogP contribution in [0, 0.1) is 5.92 Å². The summed E-state index contributed by atoms with van der Waals surface area (Å²) < 4.78 is 41.4. The summed E-state index contributed by atoms with van der Waals surface area (Å²) >= 11 is 0. The maximum Gasteiger partial charge on any atom is 0.411 e. The van der Waals surface area contributed by atoms with Crippen LogP contribution >= 0.6 is 0 Å². The van der Waals surface area contributed by atoms with Crippen molar-refractivity contribution in [2.45, 2.75) is 77.2 Å². The minimum absolute atomic E-state index is 0.252. The maximum atomic E-state index is 12.1. The van der Waals surface area contributed by atoms with E-state index < -0.39 is 12.8 Å². The van der Waals surface area contributed by atoms with Crippen molar-refractivity contribution < 1.29 is 17.9 Å². The molecule has 1 aliphatic carbocycles. The van der Waals surface area contributed by atoms with Gasteiger partial charge in [-0.05, 0) is 38.0 Å². The molecule has 0 amide bonds. The zero-order valence-electron chi connectivity index (χ0n) is 12.1. The Labute approximate surface area is 114 Å². The summed E-state index contributed by atoms with van der Waals surface area (Å²) in [4.78, 5) is 0. The number of hydrogen-bond donors (Lipinski definition) is 1. The van der Waals surface area contributed by atoms with Gasteiger partial charge in [-0.1, -0.05) is 20.8 Å². The predicted octanol–water partition coefficient (Wildman–Crippen LogP) is 3.90. The number of alkyl halides is 3. The van der Waals surface area contributed by atoms with Crippen molar-refractivity contribution in [3.8, 4) is 0 Å². The SMILES string of the molecule is CCC(NC1CCCC(OCC(F)(F)F)C1)C(C)C. The maximum absolute atomic E-state index is 12.1. The van der Waals surface area contributed by atoms with Gasteiger partial charge in [0.2, 0.25) is 0 Å². The Morgan fingerprint density at radius 3 is 2.47 bits per heavy atom. The molecule has 0 aromatic carbocycles. The number of halogens is 3. The first-order valence-corrected chi connectivity index (χ1v) is 7.26. The van der Waals surface area contributed by atoms with Gasteiger partial charge in [-0.15, -0.1) is 0 Å². The van der Waals surface area contributed by atoms with Crippen LogP contribution < -0.4 is 5.32 Å². The van der Waals surface area contributed by atoms with Crippen molar-refractivity contribution in [1.29, 1.82) is 0 Å². The smallest absolute Gasteiger partial charge is 0.369 e. The lowest BCUT2D eigenvalue weighted by molar-refractivity contribution is -0.188. The lowest BCUT2D eigenvalue weighted by Crippen LogP contribution is -2.45. The Morgan fingerprint density at radius 1 is 1.26 bits per heavy atom. The fourth-order valence-corrected chi connectivity index (χ4v) is 2.74. The fourth-order valence-electron chi connectivity index (χ4n) is 2.74. The van der Waals surface area contributed by atoms with E-state index in [-0.39, 0.29) is 6.10 Å². The number of nitrogens with one attached hydrogen (secondary N) is 1. The van der Waals surface area contributed by atoms with E-state index in [1.807, 2.05) is 0 Å². The van der Waals surface area contributed by atoms with E-state index in [0.29, 0.717) is 24.4 Å². The largest absolute Gasteiger partial charge is 0.411 e. The van der Waals surface area contributed by atoms with E-state index in [1.165, 1.54) is 0 Å². The lowest BCUT2D eigenvalue weighted by atomic mass is 9.90. The van der Waals surface area contributed by atoms with E-state index >= 15 is 0 Å². The van der Waals surface area contributed by atoms with Gasteiger partial charge < -0.3 is 10.1 Å². The van der Waals surface area contributed by atoms with Gasteiger partial charge in [0.05, 0.1) is 6.10 Å². The average molecular weight is 281 g/mol. The minimum Gasteiger partial charge on any atom is -0.369 e. The van der Waals surface area contributed by atoms with E-state index in [2.05, 4.69) is 26.1 Å². The molecule has 1 fully saturated rings. The van der Waals surface area contributed by atoms with Gasteiger partial charge in [-0.2, -0.15) is 13.2 Å². The molecule has 0 bridgehead atoms. The van der Waals surface area contributed by atoms with Crippen molar-refractivity contribution >= 4 is 0 Å². The van der Waals surface area contributed by atoms with Gasteiger partial charge >= 0.3 is 6.18 Å². The highest BCUT2D eigenvalue weighted by Crippen LogP contribution is 2.25. The fraction of sp³-hybridized carbons (Fsp3) is 1.00. The van der Waals surface area contributed by atoms with E-state index in [0.717, 1.165) is 25.7 Å². The standard InChI is InChI=1S/C14H26F3NO/c1-4-13(10(2)3)18-11-6-5-7-12(8-11)19-9-14(15,16)17/h10-13,18H,4-9H2,1-3H3. The summed E-state index contributed by atoms with van der Waals surface area (Å²) in [5.41, 5.74) is 0. The summed E-state index contributed by atoms with van der Waals surface area (Å²) in [7, 11) is 0. The van der Waals surface area contributed by atoms with Crippen LogP contribution in [0.1, 0.15) is 52.9 Å². The molecule has 3 unspecified atom stereocenters. The summed E-state index contributed by atoms with van der Waals surface area (Å²) in [5, 5.41) is 3.57. The average Bonchev–Trinajstić information content (AvgIpc) is 2.33. The van der Waals surface area contributed by atoms with Gasteiger partial charge in [0.1, 0.15) is 6.61 Å². The van der Waals surface area contributed by atoms with Crippen LogP contribution in [0.2, 0.25) is 0 Å². The van der Waals surface area contributed by atoms with Crippen molar-refractivity contribution in [3.63, 3.8) is 0 Å². The molecule has 0 saturated heterocycles. The highest BCUT2D eigenvalue weighted by Gasteiger charge is 2.31. The van der Waals surface area contributed by atoms with Crippen LogP contribution in [0.15, 0.2) is 0 Å². The summed E-state index contributed by atoms with van der Waals surface area (Å²) in [6, 6.07) is 0.727. The zero-order valence-corrected chi connectivity index (χ0v) is 12.1. The third-order valence-electron chi connectivity index (χ3n) is 3.80. The summed E-state index contributed by atoms with van der Waals surface area (Å²) in [6.45, 7) is 5.35. The predicted molar refractivity (Wildman–Crippen MR) is 70.1 cm³/mol. The molecule has 0 aliphatic heterocycles. The second kappa shape index (κ2) is 7.48. The van der Waals surface area contributed by atoms with Gasteiger partial charge in [0.25, 0.3) is 0 Å². The highest BCUT2D eigenvalue weighted by atomic mass is 19.4. The monoisotopic (exact) mass is 281 g/mol. The molecular formula is C14H26F3NO. The molecule has 0 heterocycles. The molecule has 1 N–H and O–H groups in total. The van der Waals surface area contributed by atoms with E-state index in [9.17, 15) is 13.2 Å².